The zero-order valence-corrected chi connectivity index (χ0v) is 43.2. The zero-order chi connectivity index (χ0) is 48.3. The fraction of sp³-hybridized carbons (Fsp3) is 0.600. The van der Waals surface area contributed by atoms with Crippen molar-refractivity contribution in [2.24, 2.45) is 17.2 Å². The van der Waals surface area contributed by atoms with E-state index in [-0.39, 0.29) is 0 Å². The molecule has 0 spiro atoms. The van der Waals surface area contributed by atoms with Crippen LogP contribution in [0.2, 0.25) is 0 Å². The Morgan fingerprint density at radius 1 is 0.348 bits per heavy atom. The highest BCUT2D eigenvalue weighted by molar-refractivity contribution is 5.74. The molecule has 11 nitrogen and oxygen atoms in total. The number of benzene rings is 3. The van der Waals surface area contributed by atoms with Gasteiger partial charge in [0.2, 0.25) is 0 Å². The van der Waals surface area contributed by atoms with E-state index in [4.69, 9.17) is 36.1 Å². The molecule has 370 valence electrons. The molecule has 0 heterocycles. The van der Waals surface area contributed by atoms with E-state index < -0.39 is 0 Å². The van der Waals surface area contributed by atoms with Crippen LogP contribution in [0.1, 0.15) is 87.0 Å². The summed E-state index contributed by atoms with van der Waals surface area (Å²) in [5, 5.41) is 0. The molecule has 0 radical (unpaired) electrons. The first-order valence-electron chi connectivity index (χ1n) is 25.1. The molecule has 0 saturated carbocycles. The van der Waals surface area contributed by atoms with Crippen molar-refractivity contribution in [2.45, 2.75) is 64.7 Å². The van der Waals surface area contributed by atoms with Gasteiger partial charge in [0.15, 0.2) is 0 Å². The molecule has 0 atom stereocenters. The third-order valence-corrected chi connectivity index (χ3v) is 12.4. The molecule has 0 aromatic heterocycles. The average molecular weight is 918 g/mol. The molecular formula is C55H95N7O4+4. The second-order valence-corrected chi connectivity index (χ2v) is 20.9. The molecule has 0 bridgehead atoms. The Kier molecular flexibility index (Phi) is 25.4. The second-order valence-electron chi connectivity index (χ2n) is 20.9. The van der Waals surface area contributed by atoms with E-state index in [2.05, 4.69) is 136 Å². The molecule has 0 aliphatic heterocycles. The van der Waals surface area contributed by atoms with E-state index in [1.807, 2.05) is 12.1 Å². The minimum atomic E-state index is 0.648. The highest BCUT2D eigenvalue weighted by Crippen LogP contribution is 2.27. The molecule has 66 heavy (non-hydrogen) atoms. The summed E-state index contributed by atoms with van der Waals surface area (Å²) >= 11 is 0. The van der Waals surface area contributed by atoms with Gasteiger partial charge in [-0.1, -0.05) is 61.9 Å². The third kappa shape index (κ3) is 24.7. The summed E-state index contributed by atoms with van der Waals surface area (Å²) in [4.78, 5) is 0. The third-order valence-electron chi connectivity index (χ3n) is 12.4. The van der Waals surface area contributed by atoms with Gasteiger partial charge < -0.3 is 54.1 Å². The molecule has 3 aromatic carbocycles. The molecule has 0 amide bonds. The predicted octanol–water partition coefficient (Wildman–Crippen LogP) is 8.26. The first-order valence-corrected chi connectivity index (χ1v) is 25.1. The SMILES string of the molecule is CCCC[N+](C)(C)CCCOc1cc(/C=C/c2ccc(/C=C/c3cc(OCCC[N+](C)(C)CCCN)cc(OCCC[N+](C)(C)CCCN)c3)cc2)cc(OCCC[N+](C)(C)CCCN)c1. The van der Waals surface area contributed by atoms with Crippen LogP contribution in [0.3, 0.4) is 0 Å². The summed E-state index contributed by atoms with van der Waals surface area (Å²) in [5.41, 5.74) is 21.7. The van der Waals surface area contributed by atoms with Crippen molar-refractivity contribution in [1.82, 2.24) is 0 Å². The van der Waals surface area contributed by atoms with E-state index in [1.54, 1.807) is 0 Å². The van der Waals surface area contributed by atoms with Crippen molar-refractivity contribution in [1.29, 1.82) is 0 Å². The Balaban J connectivity index is 1.72. The standard InChI is InChI=1S/C55H95N7O4/c1-10-11-30-59(2,3)34-15-38-63-52-42-50(43-53(46-52)64-39-16-35-60(4,5)31-12-27-56)25-23-48-19-21-49(22-20-48)24-26-51-44-54(65-40-17-36-61(6,7)32-13-28-57)47-55(45-51)66-41-18-37-62(8,9)33-14-29-58/h19-26,42-47H,10-18,27-41,56-58H2,1-9H3/q+4/b25-23+,26-24+. The maximum absolute atomic E-state index is 6.36. The van der Waals surface area contributed by atoms with Gasteiger partial charge in [-0.15, -0.1) is 0 Å². The quantitative estimate of drug-likeness (QED) is 0.0306. The molecule has 0 fully saturated rings. The van der Waals surface area contributed by atoms with E-state index in [0.717, 1.165) is 174 Å². The van der Waals surface area contributed by atoms with Crippen LogP contribution in [-0.4, -0.2) is 173 Å². The smallest absolute Gasteiger partial charge is 0.123 e. The monoisotopic (exact) mass is 918 g/mol. The Morgan fingerprint density at radius 3 is 0.848 bits per heavy atom. The second kappa shape index (κ2) is 29.7. The largest absolute Gasteiger partial charge is 0.493 e. The molecule has 3 rings (SSSR count). The van der Waals surface area contributed by atoms with Crippen LogP contribution in [0, 0.1) is 0 Å². The maximum atomic E-state index is 6.36. The Morgan fingerprint density at radius 2 is 0.591 bits per heavy atom. The van der Waals surface area contributed by atoms with Crippen molar-refractivity contribution in [2.75, 3.05) is 155 Å². The fourth-order valence-electron chi connectivity index (χ4n) is 8.14. The van der Waals surface area contributed by atoms with Crippen molar-refractivity contribution >= 4 is 24.3 Å². The van der Waals surface area contributed by atoms with Gasteiger partial charge in [0.1, 0.15) is 23.0 Å². The lowest BCUT2D eigenvalue weighted by Crippen LogP contribution is -2.42. The lowest BCUT2D eigenvalue weighted by atomic mass is 10.1. The first-order chi connectivity index (χ1) is 31.5. The molecule has 0 aliphatic rings. The minimum Gasteiger partial charge on any atom is -0.493 e. The summed E-state index contributed by atoms with van der Waals surface area (Å²) in [6, 6.07) is 21.1. The number of nitrogens with zero attached hydrogens (tertiary/aromatic N) is 4. The van der Waals surface area contributed by atoms with E-state index in [0.29, 0.717) is 26.4 Å². The van der Waals surface area contributed by atoms with Crippen LogP contribution < -0.4 is 36.1 Å². The summed E-state index contributed by atoms with van der Waals surface area (Å²) < 4.78 is 29.2. The van der Waals surface area contributed by atoms with Crippen molar-refractivity contribution < 1.29 is 36.9 Å². The molecule has 11 heteroatoms. The van der Waals surface area contributed by atoms with Gasteiger partial charge in [-0.2, -0.15) is 0 Å². The summed E-state index contributed by atoms with van der Waals surface area (Å²) in [6.07, 6.45) is 18.0. The average Bonchev–Trinajstić information content (AvgIpc) is 3.28. The highest BCUT2D eigenvalue weighted by atomic mass is 16.5. The van der Waals surface area contributed by atoms with Crippen molar-refractivity contribution in [3.05, 3.63) is 82.9 Å². The number of quaternary nitrogens is 4. The Labute approximate surface area is 402 Å². The Hall–Kier alpha value is -3.94. The van der Waals surface area contributed by atoms with Crippen molar-refractivity contribution in [3.63, 3.8) is 0 Å². The predicted molar refractivity (Wildman–Crippen MR) is 281 cm³/mol. The lowest BCUT2D eigenvalue weighted by molar-refractivity contribution is -0.890. The number of rotatable bonds is 36. The van der Waals surface area contributed by atoms with Crippen LogP contribution in [-0.2, 0) is 0 Å². The highest BCUT2D eigenvalue weighted by Gasteiger charge is 2.17. The first kappa shape index (κ1) is 56.4. The topological polar surface area (TPSA) is 115 Å². The van der Waals surface area contributed by atoms with Gasteiger partial charge in [-0.05, 0) is 72.6 Å². The van der Waals surface area contributed by atoms with Crippen LogP contribution >= 0.6 is 0 Å². The van der Waals surface area contributed by atoms with Crippen LogP contribution in [0.4, 0.5) is 0 Å². The van der Waals surface area contributed by atoms with E-state index >= 15 is 0 Å². The molecular weight excluding hydrogens is 823 g/mol. The lowest BCUT2D eigenvalue weighted by Gasteiger charge is -2.29. The van der Waals surface area contributed by atoms with Crippen LogP contribution in [0.15, 0.2) is 60.7 Å². The van der Waals surface area contributed by atoms with Gasteiger partial charge in [-0.25, -0.2) is 0 Å². The summed E-state index contributed by atoms with van der Waals surface area (Å²) in [7, 11) is 18.2. The molecule has 0 unspecified atom stereocenters. The molecule has 3 aromatic rings. The molecule has 6 N–H and O–H groups in total. The van der Waals surface area contributed by atoms with Gasteiger partial charge >= 0.3 is 0 Å². The number of hydrogen-bond donors (Lipinski definition) is 3. The van der Waals surface area contributed by atoms with Gasteiger partial charge in [0, 0.05) is 57.1 Å². The summed E-state index contributed by atoms with van der Waals surface area (Å²) in [5.74, 6) is 3.34. The van der Waals surface area contributed by atoms with Gasteiger partial charge in [-0.3, -0.25) is 0 Å². The Bertz CT molecular complexity index is 1620. The minimum absolute atomic E-state index is 0.648. The molecule has 0 aliphatic carbocycles. The zero-order valence-electron chi connectivity index (χ0n) is 43.2. The number of unbranched alkanes of at least 4 members (excludes halogenated alkanes) is 1. The summed E-state index contributed by atoms with van der Waals surface area (Å²) in [6.45, 7) is 15.7. The number of hydrogen-bond acceptors (Lipinski definition) is 7. The van der Waals surface area contributed by atoms with Crippen LogP contribution in [0.5, 0.6) is 23.0 Å². The molecule has 0 saturated heterocycles. The van der Waals surface area contributed by atoms with Crippen LogP contribution in [0.25, 0.3) is 24.3 Å². The van der Waals surface area contributed by atoms with Gasteiger partial charge in [0.05, 0.1) is 135 Å². The van der Waals surface area contributed by atoms with E-state index in [9.17, 15) is 0 Å². The normalized spacial score (nSPS) is 12.7. The fourth-order valence-corrected chi connectivity index (χ4v) is 8.14. The van der Waals surface area contributed by atoms with E-state index in [1.165, 1.54) is 19.4 Å². The number of ether oxygens (including phenoxy) is 4. The van der Waals surface area contributed by atoms with Crippen molar-refractivity contribution in [3.8, 4) is 23.0 Å². The number of nitrogens with two attached hydrogens (primary N) is 3. The van der Waals surface area contributed by atoms with Gasteiger partial charge in [0.25, 0.3) is 0 Å². The maximum Gasteiger partial charge on any atom is 0.123 e.